The van der Waals surface area contributed by atoms with E-state index in [1.165, 1.54) is 10.9 Å². The van der Waals surface area contributed by atoms with E-state index >= 15 is 0 Å². The van der Waals surface area contributed by atoms with E-state index in [0.29, 0.717) is 11.6 Å². The summed E-state index contributed by atoms with van der Waals surface area (Å²) >= 11 is 0. The second-order valence-electron chi connectivity index (χ2n) is 7.97. The number of hydrogen-bond acceptors (Lipinski definition) is 4. The van der Waals surface area contributed by atoms with Crippen molar-refractivity contribution in [2.75, 3.05) is 13.1 Å². The predicted molar refractivity (Wildman–Crippen MR) is 105 cm³/mol. The van der Waals surface area contributed by atoms with Crippen LogP contribution in [-0.4, -0.2) is 50.2 Å². The molecule has 0 radical (unpaired) electrons. The fourth-order valence-corrected chi connectivity index (χ4v) is 4.71. The van der Waals surface area contributed by atoms with Crippen LogP contribution in [0.1, 0.15) is 66.0 Å². The Kier molecular flexibility index (Phi) is 4.19. The summed E-state index contributed by atoms with van der Waals surface area (Å²) < 4.78 is 5.84. The molecule has 3 aromatic rings. The van der Waals surface area contributed by atoms with Crippen LogP contribution in [0.5, 0.6) is 0 Å². The number of amides is 1. The fraction of sp³-hybridized carbons (Fsp3) is 0.476. The number of piperidine rings is 1. The molecule has 7 heteroatoms. The lowest BCUT2D eigenvalue weighted by molar-refractivity contribution is -0.00702. The number of nitrogens with zero attached hydrogens (tertiary/aromatic N) is 3. The molecule has 7 nitrogen and oxygen atoms in total. The lowest BCUT2D eigenvalue weighted by Crippen LogP contribution is -2.38. The van der Waals surface area contributed by atoms with Gasteiger partial charge in [-0.15, -0.1) is 0 Å². The van der Waals surface area contributed by atoms with E-state index in [4.69, 9.17) is 4.74 Å². The third-order valence-corrected chi connectivity index (χ3v) is 6.14. The number of ether oxygens (including phenoxy) is 1. The average molecular weight is 379 g/mol. The topological polar surface area (TPSA) is 86.9 Å². The van der Waals surface area contributed by atoms with Crippen molar-refractivity contribution in [1.82, 2.24) is 25.1 Å². The smallest absolute Gasteiger partial charge is 0.274 e. The number of likely N-dealkylation sites (tertiary alicyclic amines) is 1. The van der Waals surface area contributed by atoms with Gasteiger partial charge in [-0.2, -0.15) is 5.10 Å². The van der Waals surface area contributed by atoms with E-state index in [1.54, 1.807) is 6.20 Å². The molecule has 146 valence electrons. The molecule has 2 N–H and O–H groups in total. The molecule has 0 saturated carbocycles. The van der Waals surface area contributed by atoms with Gasteiger partial charge in [-0.25, -0.2) is 4.98 Å². The zero-order valence-electron chi connectivity index (χ0n) is 16.2. The summed E-state index contributed by atoms with van der Waals surface area (Å²) in [6.07, 6.45) is 6.58. The number of fused-ring (bicyclic) bond motifs is 2. The molecule has 28 heavy (non-hydrogen) atoms. The van der Waals surface area contributed by atoms with Crippen molar-refractivity contribution in [1.29, 1.82) is 0 Å². The Morgan fingerprint density at radius 1 is 1.29 bits per heavy atom. The predicted octanol–water partition coefficient (Wildman–Crippen LogP) is 3.33. The molecule has 2 aliphatic rings. The minimum atomic E-state index is -0.0472. The summed E-state index contributed by atoms with van der Waals surface area (Å²) in [6, 6.07) is 4.09. The molecule has 0 spiro atoms. The summed E-state index contributed by atoms with van der Waals surface area (Å²) in [4.78, 5) is 22.7. The molecule has 0 bridgehead atoms. The van der Waals surface area contributed by atoms with Crippen molar-refractivity contribution < 1.29 is 9.53 Å². The van der Waals surface area contributed by atoms with Crippen LogP contribution in [0.15, 0.2) is 24.5 Å². The van der Waals surface area contributed by atoms with Gasteiger partial charge < -0.3 is 14.6 Å². The Balaban J connectivity index is 1.32. The van der Waals surface area contributed by atoms with E-state index in [1.807, 2.05) is 24.8 Å². The molecule has 0 unspecified atom stereocenters. The van der Waals surface area contributed by atoms with Crippen LogP contribution in [-0.2, 0) is 11.2 Å². The van der Waals surface area contributed by atoms with Gasteiger partial charge in [0.15, 0.2) is 5.69 Å². The third kappa shape index (κ3) is 2.81. The zero-order chi connectivity index (χ0) is 19.3. The Morgan fingerprint density at radius 3 is 2.93 bits per heavy atom. The van der Waals surface area contributed by atoms with E-state index in [2.05, 4.69) is 32.4 Å². The first-order valence-corrected chi connectivity index (χ1v) is 10.1. The van der Waals surface area contributed by atoms with Crippen molar-refractivity contribution >= 4 is 16.9 Å². The molecule has 3 aromatic heterocycles. The monoisotopic (exact) mass is 379 g/mol. The maximum atomic E-state index is 13.1. The third-order valence-electron chi connectivity index (χ3n) is 6.14. The molecule has 2 aliphatic heterocycles. The van der Waals surface area contributed by atoms with E-state index in [9.17, 15) is 4.79 Å². The van der Waals surface area contributed by atoms with Crippen LogP contribution in [0.3, 0.4) is 0 Å². The second kappa shape index (κ2) is 6.74. The highest BCUT2D eigenvalue weighted by Gasteiger charge is 2.33. The highest BCUT2D eigenvalue weighted by Crippen LogP contribution is 2.34. The fourth-order valence-electron chi connectivity index (χ4n) is 4.71. The SMILES string of the molecule is C[C@@H]1Cc2c(C(=O)N3CCC(c4c[nH]c5ncccc45)CC3)n[nH]c2[C@H](C)O1. The summed E-state index contributed by atoms with van der Waals surface area (Å²) in [6.45, 7) is 5.55. The molecule has 1 amide bonds. The Hall–Kier alpha value is -2.67. The summed E-state index contributed by atoms with van der Waals surface area (Å²) in [5, 5.41) is 8.58. The minimum Gasteiger partial charge on any atom is -0.369 e. The number of carbonyl (C=O) groups is 1. The van der Waals surface area contributed by atoms with Crippen LogP contribution in [0.25, 0.3) is 11.0 Å². The van der Waals surface area contributed by atoms with Crippen molar-refractivity contribution in [3.63, 3.8) is 0 Å². The van der Waals surface area contributed by atoms with Gasteiger partial charge >= 0.3 is 0 Å². The van der Waals surface area contributed by atoms with Crippen LogP contribution in [0, 0.1) is 0 Å². The van der Waals surface area contributed by atoms with Gasteiger partial charge in [0.2, 0.25) is 0 Å². The molecule has 0 aromatic carbocycles. The molecule has 5 heterocycles. The van der Waals surface area contributed by atoms with Gasteiger partial charge in [0.1, 0.15) is 5.65 Å². The van der Waals surface area contributed by atoms with E-state index in [-0.39, 0.29) is 18.1 Å². The first-order valence-electron chi connectivity index (χ1n) is 10.1. The van der Waals surface area contributed by atoms with Gasteiger partial charge in [-0.1, -0.05) is 0 Å². The van der Waals surface area contributed by atoms with Crippen LogP contribution >= 0.6 is 0 Å². The van der Waals surface area contributed by atoms with Gasteiger partial charge in [-0.3, -0.25) is 9.89 Å². The molecule has 0 aliphatic carbocycles. The van der Waals surface area contributed by atoms with E-state index in [0.717, 1.165) is 49.3 Å². The standard InChI is InChI=1S/C21H25N5O2/c1-12-10-16-18(13(2)28-12)24-25-19(16)21(27)26-8-5-14(6-9-26)17-11-23-20-15(17)4-3-7-22-20/h3-4,7,11-14H,5-6,8-10H2,1-2H3,(H,22,23)(H,24,25)/t12-,13+/m1/s1. The summed E-state index contributed by atoms with van der Waals surface area (Å²) in [5.41, 5.74) is 4.80. The summed E-state index contributed by atoms with van der Waals surface area (Å²) in [7, 11) is 0. The maximum absolute atomic E-state index is 13.1. The number of hydrogen-bond donors (Lipinski definition) is 2. The number of H-pyrrole nitrogens is 2. The highest BCUT2D eigenvalue weighted by molar-refractivity contribution is 5.94. The van der Waals surface area contributed by atoms with Crippen LogP contribution in [0.2, 0.25) is 0 Å². The van der Waals surface area contributed by atoms with Crippen LogP contribution < -0.4 is 0 Å². The van der Waals surface area contributed by atoms with Crippen LogP contribution in [0.4, 0.5) is 0 Å². The molecular formula is C21H25N5O2. The normalized spacial score (nSPS) is 23.1. The Morgan fingerprint density at radius 2 is 2.11 bits per heavy atom. The largest absolute Gasteiger partial charge is 0.369 e. The highest BCUT2D eigenvalue weighted by atomic mass is 16.5. The minimum absolute atomic E-state index is 0.0397. The van der Waals surface area contributed by atoms with Gasteiger partial charge in [0.25, 0.3) is 5.91 Å². The first kappa shape index (κ1) is 17.4. The summed E-state index contributed by atoms with van der Waals surface area (Å²) in [5.74, 6) is 0.487. The van der Waals surface area contributed by atoms with Gasteiger partial charge in [0, 0.05) is 42.9 Å². The van der Waals surface area contributed by atoms with Gasteiger partial charge in [0.05, 0.1) is 17.9 Å². The molecule has 2 atom stereocenters. The average Bonchev–Trinajstić information content (AvgIpc) is 3.32. The van der Waals surface area contributed by atoms with Crippen molar-refractivity contribution in [2.45, 2.75) is 51.2 Å². The number of nitrogens with one attached hydrogen (secondary N) is 2. The molecule has 5 rings (SSSR count). The first-order chi connectivity index (χ1) is 13.6. The number of carbonyl (C=O) groups excluding carboxylic acids is 1. The van der Waals surface area contributed by atoms with Crippen molar-refractivity contribution in [2.24, 2.45) is 0 Å². The lowest BCUT2D eigenvalue weighted by Gasteiger charge is -2.32. The van der Waals surface area contributed by atoms with Crippen molar-refractivity contribution in [3.05, 3.63) is 47.0 Å². The maximum Gasteiger partial charge on any atom is 0.274 e. The number of aromatic nitrogens is 4. The number of rotatable bonds is 2. The number of pyridine rings is 1. The quantitative estimate of drug-likeness (QED) is 0.715. The Bertz CT molecular complexity index is 1010. The second-order valence-corrected chi connectivity index (χ2v) is 7.97. The number of aromatic amines is 2. The zero-order valence-corrected chi connectivity index (χ0v) is 16.2. The van der Waals surface area contributed by atoms with Gasteiger partial charge in [-0.05, 0) is 50.3 Å². The lowest BCUT2D eigenvalue weighted by atomic mass is 9.89. The molecule has 1 saturated heterocycles. The molecule has 1 fully saturated rings. The Labute approximate surface area is 163 Å². The van der Waals surface area contributed by atoms with E-state index < -0.39 is 0 Å². The van der Waals surface area contributed by atoms with Crippen molar-refractivity contribution in [3.8, 4) is 0 Å². The molecular weight excluding hydrogens is 354 g/mol.